The van der Waals surface area contributed by atoms with Crippen molar-refractivity contribution in [2.45, 2.75) is 26.2 Å². The molecule has 1 fully saturated rings. The quantitative estimate of drug-likeness (QED) is 0.623. The van der Waals surface area contributed by atoms with Crippen molar-refractivity contribution in [1.29, 1.82) is 0 Å². The molecule has 3 nitrogen and oxygen atoms in total. The summed E-state index contributed by atoms with van der Waals surface area (Å²) in [7, 11) is 0. The highest BCUT2D eigenvalue weighted by atomic mass is 16.5. The van der Waals surface area contributed by atoms with Crippen molar-refractivity contribution in [3.8, 4) is 0 Å². The highest BCUT2D eigenvalue weighted by Gasteiger charge is 2.08. The molecule has 0 atom stereocenters. The van der Waals surface area contributed by atoms with Gasteiger partial charge in [0.25, 0.3) is 0 Å². The van der Waals surface area contributed by atoms with Crippen LogP contribution < -0.4 is 5.32 Å². The van der Waals surface area contributed by atoms with Crippen LogP contribution in [0.4, 0.5) is 0 Å². The Hall–Kier alpha value is -0.120. The maximum absolute atomic E-state index is 5.30. The monoisotopic (exact) mass is 200 g/mol. The topological polar surface area (TPSA) is 24.5 Å². The van der Waals surface area contributed by atoms with Gasteiger partial charge in [-0.2, -0.15) is 0 Å². The lowest BCUT2D eigenvalue weighted by Crippen LogP contribution is -2.37. The Morgan fingerprint density at radius 3 is 2.57 bits per heavy atom. The minimum absolute atomic E-state index is 0.920. The Morgan fingerprint density at radius 2 is 1.86 bits per heavy atom. The predicted molar refractivity (Wildman–Crippen MR) is 59.7 cm³/mol. The van der Waals surface area contributed by atoms with Crippen molar-refractivity contribution >= 4 is 0 Å². The standard InChI is InChI=1S/C11H24N2O/c1-2-3-5-12-6-4-7-13-8-10-14-11-9-13/h12H,2-11H2,1H3. The summed E-state index contributed by atoms with van der Waals surface area (Å²) in [6.07, 6.45) is 3.86. The van der Waals surface area contributed by atoms with E-state index < -0.39 is 0 Å². The van der Waals surface area contributed by atoms with Crippen molar-refractivity contribution in [1.82, 2.24) is 10.2 Å². The first kappa shape index (κ1) is 12.0. The Balaban J connectivity index is 1.82. The molecule has 84 valence electrons. The van der Waals surface area contributed by atoms with Crippen molar-refractivity contribution in [3.05, 3.63) is 0 Å². The van der Waals surface area contributed by atoms with Crippen LogP contribution in [0.3, 0.4) is 0 Å². The highest BCUT2D eigenvalue weighted by Crippen LogP contribution is 1.97. The molecule has 0 saturated carbocycles. The van der Waals surface area contributed by atoms with E-state index in [0.717, 1.165) is 32.8 Å². The van der Waals surface area contributed by atoms with E-state index in [4.69, 9.17) is 4.74 Å². The molecule has 1 N–H and O–H groups in total. The Kier molecular flexibility index (Phi) is 7.01. The van der Waals surface area contributed by atoms with Gasteiger partial charge < -0.3 is 10.1 Å². The zero-order valence-corrected chi connectivity index (χ0v) is 9.43. The maximum Gasteiger partial charge on any atom is 0.0594 e. The average Bonchev–Trinajstić information content (AvgIpc) is 2.25. The number of hydrogen-bond donors (Lipinski definition) is 1. The lowest BCUT2D eigenvalue weighted by Gasteiger charge is -2.26. The van der Waals surface area contributed by atoms with Gasteiger partial charge in [-0.15, -0.1) is 0 Å². The van der Waals surface area contributed by atoms with Crippen LogP contribution in [0.25, 0.3) is 0 Å². The summed E-state index contributed by atoms with van der Waals surface area (Å²) in [6.45, 7) is 9.88. The molecule has 0 aliphatic carbocycles. The van der Waals surface area contributed by atoms with E-state index in [0.29, 0.717) is 0 Å². The fourth-order valence-corrected chi connectivity index (χ4v) is 1.68. The average molecular weight is 200 g/mol. The first-order valence-electron chi connectivity index (χ1n) is 5.94. The third-order valence-corrected chi connectivity index (χ3v) is 2.64. The molecule has 1 heterocycles. The van der Waals surface area contributed by atoms with Crippen molar-refractivity contribution in [2.24, 2.45) is 0 Å². The number of nitrogens with one attached hydrogen (secondary N) is 1. The fraction of sp³-hybridized carbons (Fsp3) is 1.00. The molecule has 0 aromatic rings. The number of nitrogens with zero attached hydrogens (tertiary/aromatic N) is 1. The number of hydrogen-bond acceptors (Lipinski definition) is 3. The summed E-state index contributed by atoms with van der Waals surface area (Å²) < 4.78 is 5.30. The number of rotatable bonds is 7. The van der Waals surface area contributed by atoms with Gasteiger partial charge >= 0.3 is 0 Å². The van der Waals surface area contributed by atoms with Crippen LogP contribution in [0.2, 0.25) is 0 Å². The predicted octanol–water partition coefficient (Wildman–Crippen LogP) is 1.10. The van der Waals surface area contributed by atoms with E-state index in [1.807, 2.05) is 0 Å². The van der Waals surface area contributed by atoms with E-state index in [1.165, 1.54) is 32.4 Å². The minimum atomic E-state index is 0.920. The second-order valence-electron chi connectivity index (χ2n) is 3.91. The summed E-state index contributed by atoms with van der Waals surface area (Å²) in [4.78, 5) is 2.49. The van der Waals surface area contributed by atoms with E-state index >= 15 is 0 Å². The first-order chi connectivity index (χ1) is 6.93. The van der Waals surface area contributed by atoms with Gasteiger partial charge in [0, 0.05) is 13.1 Å². The summed E-state index contributed by atoms with van der Waals surface area (Å²) in [5.41, 5.74) is 0. The summed E-state index contributed by atoms with van der Waals surface area (Å²) in [5.74, 6) is 0. The SMILES string of the molecule is CCCCNCCCN1CCOCC1. The molecule has 0 spiro atoms. The van der Waals surface area contributed by atoms with E-state index in [2.05, 4.69) is 17.1 Å². The smallest absolute Gasteiger partial charge is 0.0594 e. The lowest BCUT2D eigenvalue weighted by molar-refractivity contribution is 0.0374. The van der Waals surface area contributed by atoms with E-state index in [-0.39, 0.29) is 0 Å². The van der Waals surface area contributed by atoms with Crippen LogP contribution >= 0.6 is 0 Å². The molecule has 1 rings (SSSR count). The zero-order chi connectivity index (χ0) is 10.1. The highest BCUT2D eigenvalue weighted by molar-refractivity contribution is 4.62. The van der Waals surface area contributed by atoms with Gasteiger partial charge in [0.2, 0.25) is 0 Å². The zero-order valence-electron chi connectivity index (χ0n) is 9.43. The molecule has 0 aromatic carbocycles. The van der Waals surface area contributed by atoms with Crippen molar-refractivity contribution in [2.75, 3.05) is 45.9 Å². The number of unbranched alkanes of at least 4 members (excludes halogenated alkanes) is 1. The molecule has 0 radical (unpaired) electrons. The molecule has 1 aliphatic rings. The van der Waals surface area contributed by atoms with Crippen LogP contribution in [0.15, 0.2) is 0 Å². The fourth-order valence-electron chi connectivity index (χ4n) is 1.68. The normalized spacial score (nSPS) is 18.6. The molecule has 0 bridgehead atoms. The molecule has 0 unspecified atom stereocenters. The van der Waals surface area contributed by atoms with Crippen LogP contribution in [-0.2, 0) is 4.74 Å². The maximum atomic E-state index is 5.30. The van der Waals surface area contributed by atoms with Crippen LogP contribution in [0, 0.1) is 0 Å². The number of ether oxygens (including phenoxy) is 1. The van der Waals surface area contributed by atoms with Gasteiger partial charge in [-0.3, -0.25) is 4.90 Å². The lowest BCUT2D eigenvalue weighted by atomic mass is 10.3. The van der Waals surface area contributed by atoms with Gasteiger partial charge in [0.1, 0.15) is 0 Å². The van der Waals surface area contributed by atoms with Crippen molar-refractivity contribution < 1.29 is 4.74 Å². The molecule has 1 saturated heterocycles. The van der Waals surface area contributed by atoms with Gasteiger partial charge in [0.05, 0.1) is 13.2 Å². The third-order valence-electron chi connectivity index (χ3n) is 2.64. The largest absolute Gasteiger partial charge is 0.379 e. The van der Waals surface area contributed by atoms with Crippen LogP contribution in [-0.4, -0.2) is 50.8 Å². The Labute approximate surface area is 87.8 Å². The molecule has 0 aromatic heterocycles. The molecular formula is C11H24N2O. The van der Waals surface area contributed by atoms with Crippen LogP contribution in [0.1, 0.15) is 26.2 Å². The summed E-state index contributed by atoms with van der Waals surface area (Å²) in [6, 6.07) is 0. The minimum Gasteiger partial charge on any atom is -0.379 e. The number of morpholine rings is 1. The summed E-state index contributed by atoms with van der Waals surface area (Å²) in [5, 5.41) is 3.47. The molecule has 14 heavy (non-hydrogen) atoms. The second-order valence-corrected chi connectivity index (χ2v) is 3.91. The summed E-state index contributed by atoms with van der Waals surface area (Å²) >= 11 is 0. The molecular weight excluding hydrogens is 176 g/mol. The molecule has 3 heteroatoms. The first-order valence-corrected chi connectivity index (χ1v) is 5.94. The molecule has 1 aliphatic heterocycles. The van der Waals surface area contributed by atoms with Gasteiger partial charge in [-0.25, -0.2) is 0 Å². The Bertz CT molecular complexity index is 124. The second kappa shape index (κ2) is 8.21. The Morgan fingerprint density at radius 1 is 1.14 bits per heavy atom. The third kappa shape index (κ3) is 5.58. The van der Waals surface area contributed by atoms with E-state index in [9.17, 15) is 0 Å². The van der Waals surface area contributed by atoms with Crippen LogP contribution in [0.5, 0.6) is 0 Å². The van der Waals surface area contributed by atoms with Gasteiger partial charge in [-0.05, 0) is 32.5 Å². The van der Waals surface area contributed by atoms with E-state index in [1.54, 1.807) is 0 Å². The van der Waals surface area contributed by atoms with Gasteiger partial charge in [-0.1, -0.05) is 13.3 Å². The molecule has 0 amide bonds. The van der Waals surface area contributed by atoms with Gasteiger partial charge in [0.15, 0.2) is 0 Å². The van der Waals surface area contributed by atoms with Crippen molar-refractivity contribution in [3.63, 3.8) is 0 Å².